The molecule has 0 fully saturated rings. The van der Waals surface area contributed by atoms with Gasteiger partial charge in [0.05, 0.1) is 5.39 Å². The van der Waals surface area contributed by atoms with E-state index in [1.165, 1.54) is 33.5 Å². The number of aryl methyl sites for hydroxylation is 1. The van der Waals surface area contributed by atoms with Crippen molar-refractivity contribution < 1.29 is 0 Å². The summed E-state index contributed by atoms with van der Waals surface area (Å²) in [7, 11) is 0. The number of anilines is 2. The molecule has 0 bridgehead atoms. The van der Waals surface area contributed by atoms with Gasteiger partial charge >= 0.3 is 0 Å². The zero-order valence-electron chi connectivity index (χ0n) is 14.4. The van der Waals surface area contributed by atoms with Gasteiger partial charge in [-0.05, 0) is 67.3 Å². The van der Waals surface area contributed by atoms with Gasteiger partial charge in [-0.2, -0.15) is 4.98 Å². The van der Waals surface area contributed by atoms with Crippen molar-refractivity contribution in [2.45, 2.75) is 45.6 Å². The molecule has 0 N–H and O–H groups in total. The Hall–Kier alpha value is -1.65. The molecule has 128 valence electrons. The van der Waals surface area contributed by atoms with E-state index in [-0.39, 0.29) is 0 Å². The lowest BCUT2D eigenvalue weighted by Crippen LogP contribution is -2.25. The molecule has 0 saturated carbocycles. The number of rotatable bonds is 1. The molecule has 1 aliphatic heterocycles. The molecule has 3 aromatic rings. The quantitative estimate of drug-likeness (QED) is 0.526. The molecule has 3 nitrogen and oxygen atoms in total. The van der Waals surface area contributed by atoms with Crippen LogP contribution in [0.4, 0.5) is 11.5 Å². The third-order valence-corrected chi connectivity index (χ3v) is 6.86. The molecule has 0 amide bonds. The second-order valence-corrected chi connectivity index (χ2v) is 8.82. The van der Waals surface area contributed by atoms with Crippen molar-refractivity contribution >= 4 is 44.7 Å². The Morgan fingerprint density at radius 1 is 1.16 bits per heavy atom. The first kappa shape index (κ1) is 15.6. The van der Waals surface area contributed by atoms with E-state index in [4.69, 9.17) is 16.6 Å². The van der Waals surface area contributed by atoms with Gasteiger partial charge in [-0.1, -0.05) is 25.1 Å². The summed E-state index contributed by atoms with van der Waals surface area (Å²) in [5.74, 6) is 1.75. The maximum absolute atomic E-state index is 6.33. The third kappa shape index (κ3) is 2.38. The van der Waals surface area contributed by atoms with Crippen LogP contribution < -0.4 is 4.90 Å². The van der Waals surface area contributed by atoms with Crippen LogP contribution in [-0.4, -0.2) is 16.0 Å². The Labute approximate surface area is 156 Å². The van der Waals surface area contributed by atoms with E-state index in [2.05, 4.69) is 48.0 Å². The van der Waals surface area contributed by atoms with Gasteiger partial charge < -0.3 is 4.90 Å². The molecule has 5 heteroatoms. The summed E-state index contributed by atoms with van der Waals surface area (Å²) in [6.07, 6.45) is 4.56. The van der Waals surface area contributed by atoms with Crippen molar-refractivity contribution in [3.63, 3.8) is 0 Å². The lowest BCUT2D eigenvalue weighted by molar-refractivity contribution is 0.509. The van der Waals surface area contributed by atoms with Crippen molar-refractivity contribution in [2.24, 2.45) is 5.92 Å². The summed E-state index contributed by atoms with van der Waals surface area (Å²) in [4.78, 5) is 14.2. The Bertz CT molecular complexity index is 980. The van der Waals surface area contributed by atoms with E-state index in [0.717, 1.165) is 35.8 Å². The third-order valence-electron chi connectivity index (χ3n) is 5.54. The normalized spacial score (nSPS) is 22.3. The molecule has 0 spiro atoms. The van der Waals surface area contributed by atoms with Gasteiger partial charge in [0, 0.05) is 16.6 Å². The Kier molecular flexibility index (Phi) is 3.54. The first-order valence-electron chi connectivity index (χ1n) is 8.96. The van der Waals surface area contributed by atoms with Gasteiger partial charge in [0.25, 0.3) is 0 Å². The maximum Gasteiger partial charge on any atom is 0.225 e. The number of nitrogens with zero attached hydrogens (tertiary/aromatic N) is 3. The second kappa shape index (κ2) is 5.68. The first-order valence-corrected chi connectivity index (χ1v) is 10.2. The molecule has 2 aromatic heterocycles. The number of fused-ring (bicyclic) bond motifs is 4. The van der Waals surface area contributed by atoms with Gasteiger partial charge in [0.1, 0.15) is 10.6 Å². The highest BCUT2D eigenvalue weighted by Crippen LogP contribution is 2.45. The molecule has 2 aliphatic rings. The van der Waals surface area contributed by atoms with Crippen LogP contribution in [0.25, 0.3) is 10.2 Å². The fourth-order valence-electron chi connectivity index (χ4n) is 4.36. The molecule has 25 heavy (non-hydrogen) atoms. The highest BCUT2D eigenvalue weighted by Gasteiger charge is 2.32. The molecular weight excluding hydrogens is 350 g/mol. The summed E-state index contributed by atoms with van der Waals surface area (Å²) >= 11 is 8.14. The van der Waals surface area contributed by atoms with E-state index in [1.807, 2.05) is 11.3 Å². The van der Waals surface area contributed by atoms with E-state index in [9.17, 15) is 0 Å². The number of aromatic nitrogens is 2. The number of hydrogen-bond acceptors (Lipinski definition) is 4. The van der Waals surface area contributed by atoms with Crippen LogP contribution in [-0.2, 0) is 19.3 Å². The zero-order valence-corrected chi connectivity index (χ0v) is 16.0. The Morgan fingerprint density at radius 2 is 2.00 bits per heavy atom. The summed E-state index contributed by atoms with van der Waals surface area (Å²) < 4.78 is 0. The zero-order chi connectivity index (χ0) is 17.1. The number of halogens is 1. The molecular formula is C20H20ClN3S. The van der Waals surface area contributed by atoms with Crippen molar-refractivity contribution in [1.29, 1.82) is 0 Å². The van der Waals surface area contributed by atoms with Crippen LogP contribution in [0, 0.1) is 5.92 Å². The van der Waals surface area contributed by atoms with Gasteiger partial charge in [-0.3, -0.25) is 0 Å². The topological polar surface area (TPSA) is 29.0 Å². The highest BCUT2D eigenvalue weighted by molar-refractivity contribution is 7.19. The van der Waals surface area contributed by atoms with Gasteiger partial charge in [-0.15, -0.1) is 11.3 Å². The first-order chi connectivity index (χ1) is 12.1. The molecule has 5 rings (SSSR count). The maximum atomic E-state index is 6.33. The second-order valence-electron chi connectivity index (χ2n) is 7.40. The molecule has 3 heterocycles. The van der Waals surface area contributed by atoms with Gasteiger partial charge in [0.2, 0.25) is 5.28 Å². The monoisotopic (exact) mass is 369 g/mol. The van der Waals surface area contributed by atoms with Crippen LogP contribution in [0.3, 0.4) is 0 Å². The fraction of sp³-hybridized carbons (Fsp3) is 0.400. The van der Waals surface area contributed by atoms with E-state index >= 15 is 0 Å². The number of thiophene rings is 1. The van der Waals surface area contributed by atoms with Crippen molar-refractivity contribution in [2.75, 3.05) is 4.90 Å². The number of hydrogen-bond donors (Lipinski definition) is 0. The van der Waals surface area contributed by atoms with Crippen molar-refractivity contribution in [1.82, 2.24) is 9.97 Å². The molecule has 1 aromatic carbocycles. The Balaban J connectivity index is 1.77. The highest BCUT2D eigenvalue weighted by atomic mass is 35.5. The summed E-state index contributed by atoms with van der Waals surface area (Å²) in [6, 6.07) is 9.02. The van der Waals surface area contributed by atoms with E-state index in [0.29, 0.717) is 11.3 Å². The average Bonchev–Trinajstić information content (AvgIpc) is 3.09. The van der Waals surface area contributed by atoms with E-state index in [1.54, 1.807) is 0 Å². The summed E-state index contributed by atoms with van der Waals surface area (Å²) in [6.45, 7) is 4.61. The predicted octanol–water partition coefficient (Wildman–Crippen LogP) is 5.55. The smallest absolute Gasteiger partial charge is 0.225 e. The van der Waals surface area contributed by atoms with Gasteiger partial charge in [0.15, 0.2) is 0 Å². The minimum Gasteiger partial charge on any atom is -0.322 e. The molecule has 2 unspecified atom stereocenters. The minimum absolute atomic E-state index is 0.353. The molecule has 0 saturated heterocycles. The predicted molar refractivity (Wildman–Crippen MR) is 105 cm³/mol. The number of benzene rings is 1. The summed E-state index contributed by atoms with van der Waals surface area (Å²) in [5, 5.41) is 1.59. The summed E-state index contributed by atoms with van der Waals surface area (Å²) in [5.41, 5.74) is 4.10. The molecule has 2 atom stereocenters. The number of para-hydroxylation sites is 1. The van der Waals surface area contributed by atoms with Crippen LogP contribution in [0.2, 0.25) is 5.28 Å². The lowest BCUT2D eigenvalue weighted by Gasteiger charge is -2.26. The van der Waals surface area contributed by atoms with Crippen LogP contribution in [0.1, 0.15) is 36.3 Å². The van der Waals surface area contributed by atoms with Crippen LogP contribution in [0.15, 0.2) is 24.3 Å². The fourth-order valence-corrected chi connectivity index (χ4v) is 5.95. The van der Waals surface area contributed by atoms with E-state index < -0.39 is 0 Å². The van der Waals surface area contributed by atoms with Crippen molar-refractivity contribution in [3.8, 4) is 0 Å². The van der Waals surface area contributed by atoms with Crippen molar-refractivity contribution in [3.05, 3.63) is 45.6 Å². The molecule has 0 radical (unpaired) electrons. The van der Waals surface area contributed by atoms with Crippen LogP contribution in [0.5, 0.6) is 0 Å². The Morgan fingerprint density at radius 3 is 2.88 bits per heavy atom. The lowest BCUT2D eigenvalue weighted by atomic mass is 9.89. The largest absolute Gasteiger partial charge is 0.322 e. The average molecular weight is 370 g/mol. The SMILES string of the molecule is CC1CCc2c(sc3nc(Cl)nc(N4c5ccccc5CC4C)c23)C1. The standard InChI is InChI=1S/C20H20ClN3S/c1-11-7-8-14-16(9-11)25-19-17(14)18(22-20(21)23-19)24-12(2)10-13-5-3-4-6-15(13)24/h3-6,11-12H,7-10H2,1-2H3. The minimum atomic E-state index is 0.353. The van der Waals surface area contributed by atoms with Crippen LogP contribution >= 0.6 is 22.9 Å². The van der Waals surface area contributed by atoms with Gasteiger partial charge in [-0.25, -0.2) is 4.98 Å². The molecule has 1 aliphatic carbocycles.